The van der Waals surface area contributed by atoms with E-state index in [4.69, 9.17) is 11.6 Å². The van der Waals surface area contributed by atoms with Crippen molar-refractivity contribution in [1.29, 1.82) is 0 Å². The Morgan fingerprint density at radius 3 is 2.62 bits per heavy atom. The highest BCUT2D eigenvalue weighted by Crippen LogP contribution is 2.09. The molecule has 0 spiro atoms. The van der Waals surface area contributed by atoms with Crippen LogP contribution in [0.1, 0.15) is 11.4 Å². The zero-order valence-corrected chi connectivity index (χ0v) is 12.1. The molecule has 1 heterocycles. The Kier molecular flexibility index (Phi) is 3.54. The average Bonchev–Trinajstić information content (AvgIpc) is 2.49. The molecule has 0 aliphatic carbocycles. The van der Waals surface area contributed by atoms with Crippen molar-refractivity contribution in [3.05, 3.63) is 75.3 Å². The van der Waals surface area contributed by atoms with Crippen molar-refractivity contribution in [2.45, 2.75) is 6.92 Å². The highest BCUT2D eigenvalue weighted by molar-refractivity contribution is 6.30. The number of halogens is 1. The van der Waals surface area contributed by atoms with Gasteiger partial charge in [0, 0.05) is 5.02 Å². The first-order chi connectivity index (χ1) is 10.1. The van der Waals surface area contributed by atoms with E-state index in [9.17, 15) is 4.79 Å². The van der Waals surface area contributed by atoms with Crippen LogP contribution in [-0.4, -0.2) is 15.9 Å². The maximum Gasteiger partial charge on any atom is 0.282 e. The Morgan fingerprint density at radius 2 is 1.86 bits per heavy atom. The summed E-state index contributed by atoms with van der Waals surface area (Å²) in [5, 5.41) is 5.44. The van der Waals surface area contributed by atoms with Crippen LogP contribution in [0, 0.1) is 6.92 Å². The number of benzene rings is 2. The predicted octanol–water partition coefficient (Wildman–Crippen LogP) is 3.24. The molecule has 0 bridgehead atoms. The number of hydrogen-bond acceptors (Lipinski definition) is 3. The summed E-state index contributed by atoms with van der Waals surface area (Å²) < 4.78 is 1.30. The molecule has 0 saturated carbocycles. The van der Waals surface area contributed by atoms with Gasteiger partial charge in [-0.15, -0.1) is 0 Å². The zero-order valence-electron chi connectivity index (χ0n) is 11.3. The molecule has 0 unspecified atom stereocenters. The number of aryl methyl sites for hydroxylation is 1. The molecular weight excluding hydrogens is 286 g/mol. The Hall–Kier alpha value is -2.46. The van der Waals surface area contributed by atoms with Gasteiger partial charge in [-0.2, -0.15) is 9.78 Å². The van der Waals surface area contributed by atoms with Gasteiger partial charge in [-0.1, -0.05) is 35.9 Å². The summed E-state index contributed by atoms with van der Waals surface area (Å²) in [5.74, 6) is 0.545. The molecule has 5 heteroatoms. The maximum atomic E-state index is 12.4. The van der Waals surface area contributed by atoms with Crippen molar-refractivity contribution in [3.8, 4) is 0 Å². The number of para-hydroxylation sites is 1. The van der Waals surface area contributed by atoms with Crippen molar-refractivity contribution < 1.29 is 0 Å². The van der Waals surface area contributed by atoms with Gasteiger partial charge in [-0.05, 0) is 36.8 Å². The van der Waals surface area contributed by atoms with Crippen molar-refractivity contribution >= 4 is 28.7 Å². The third kappa shape index (κ3) is 2.71. The summed E-state index contributed by atoms with van der Waals surface area (Å²) >= 11 is 5.83. The maximum absolute atomic E-state index is 12.4. The summed E-state index contributed by atoms with van der Waals surface area (Å²) in [5.41, 5.74) is 1.36. The van der Waals surface area contributed by atoms with Crippen LogP contribution in [0.5, 0.6) is 0 Å². The van der Waals surface area contributed by atoms with E-state index in [1.54, 1.807) is 31.3 Å². The lowest BCUT2D eigenvalue weighted by Crippen LogP contribution is -2.20. The molecule has 3 rings (SSSR count). The second-order valence-corrected chi connectivity index (χ2v) is 5.03. The molecule has 0 aliphatic heterocycles. The monoisotopic (exact) mass is 297 g/mol. The van der Waals surface area contributed by atoms with Crippen LogP contribution in [0.3, 0.4) is 0 Å². The number of hydrogen-bond donors (Lipinski definition) is 0. The summed E-state index contributed by atoms with van der Waals surface area (Å²) in [4.78, 5) is 16.8. The smallest absolute Gasteiger partial charge is 0.267 e. The van der Waals surface area contributed by atoms with Crippen LogP contribution in [0.25, 0.3) is 10.9 Å². The minimum absolute atomic E-state index is 0.177. The molecule has 1 aromatic heterocycles. The fourth-order valence-corrected chi connectivity index (χ4v) is 2.17. The molecule has 0 aliphatic rings. The topological polar surface area (TPSA) is 47.2 Å². The Morgan fingerprint density at radius 1 is 1.14 bits per heavy atom. The number of aromatic nitrogens is 2. The van der Waals surface area contributed by atoms with E-state index in [2.05, 4.69) is 10.1 Å². The Bertz CT molecular complexity index is 882. The molecule has 2 aromatic carbocycles. The highest BCUT2D eigenvalue weighted by Gasteiger charge is 2.05. The number of fused-ring (bicyclic) bond motifs is 1. The fraction of sp³-hybridized carbons (Fsp3) is 0.0625. The number of nitrogens with zero attached hydrogens (tertiary/aromatic N) is 3. The second kappa shape index (κ2) is 5.50. The molecule has 3 aromatic rings. The van der Waals surface area contributed by atoms with E-state index in [1.165, 1.54) is 4.68 Å². The molecule has 0 radical (unpaired) electrons. The van der Waals surface area contributed by atoms with Crippen LogP contribution in [0.4, 0.5) is 0 Å². The molecule has 0 N–H and O–H groups in total. The average molecular weight is 298 g/mol. The first-order valence-corrected chi connectivity index (χ1v) is 6.81. The zero-order chi connectivity index (χ0) is 14.8. The molecule has 0 fully saturated rings. The SMILES string of the molecule is Cc1nc2ccccc2c(=O)n1N=Cc1ccc(Cl)cc1. The Balaban J connectivity index is 2.08. The minimum Gasteiger partial charge on any atom is -0.267 e. The molecule has 0 atom stereocenters. The van der Waals surface area contributed by atoms with E-state index >= 15 is 0 Å². The fourth-order valence-electron chi connectivity index (χ4n) is 2.04. The van der Waals surface area contributed by atoms with Gasteiger partial charge in [0.2, 0.25) is 0 Å². The van der Waals surface area contributed by atoms with Crippen LogP contribution in [0.15, 0.2) is 58.4 Å². The van der Waals surface area contributed by atoms with Crippen molar-refractivity contribution in [2.75, 3.05) is 0 Å². The van der Waals surface area contributed by atoms with Crippen LogP contribution >= 0.6 is 11.6 Å². The summed E-state index contributed by atoms with van der Waals surface area (Å²) in [6, 6.07) is 14.5. The van der Waals surface area contributed by atoms with E-state index in [0.717, 1.165) is 5.56 Å². The van der Waals surface area contributed by atoms with E-state index in [0.29, 0.717) is 21.7 Å². The molecule has 104 valence electrons. The minimum atomic E-state index is -0.177. The van der Waals surface area contributed by atoms with E-state index in [1.807, 2.05) is 30.3 Å². The van der Waals surface area contributed by atoms with E-state index < -0.39 is 0 Å². The van der Waals surface area contributed by atoms with Crippen LogP contribution in [0.2, 0.25) is 5.02 Å². The van der Waals surface area contributed by atoms with Crippen molar-refractivity contribution in [1.82, 2.24) is 9.66 Å². The predicted molar refractivity (Wildman–Crippen MR) is 85.2 cm³/mol. The third-order valence-corrected chi connectivity index (χ3v) is 3.36. The van der Waals surface area contributed by atoms with Gasteiger partial charge in [0.05, 0.1) is 17.1 Å². The third-order valence-electron chi connectivity index (χ3n) is 3.11. The molecule has 4 nitrogen and oxygen atoms in total. The van der Waals surface area contributed by atoms with E-state index in [-0.39, 0.29) is 5.56 Å². The summed E-state index contributed by atoms with van der Waals surface area (Å²) in [6.45, 7) is 1.76. The van der Waals surface area contributed by atoms with Crippen LogP contribution in [-0.2, 0) is 0 Å². The van der Waals surface area contributed by atoms with Gasteiger partial charge in [0.15, 0.2) is 0 Å². The first-order valence-electron chi connectivity index (χ1n) is 6.43. The van der Waals surface area contributed by atoms with Gasteiger partial charge >= 0.3 is 0 Å². The second-order valence-electron chi connectivity index (χ2n) is 4.59. The first kappa shape index (κ1) is 13.5. The van der Waals surface area contributed by atoms with Gasteiger partial charge < -0.3 is 0 Å². The standard InChI is InChI=1S/C16H12ClN3O/c1-11-19-15-5-3-2-4-14(15)16(21)20(11)18-10-12-6-8-13(17)9-7-12/h2-10H,1H3. The van der Waals surface area contributed by atoms with Crippen LogP contribution < -0.4 is 5.56 Å². The van der Waals surface area contributed by atoms with Gasteiger partial charge in [0.25, 0.3) is 5.56 Å². The van der Waals surface area contributed by atoms with Crippen molar-refractivity contribution in [3.63, 3.8) is 0 Å². The molecule has 0 amide bonds. The lowest BCUT2D eigenvalue weighted by atomic mass is 10.2. The lowest BCUT2D eigenvalue weighted by Gasteiger charge is -2.05. The summed E-state index contributed by atoms with van der Waals surface area (Å²) in [7, 11) is 0. The molecular formula is C16H12ClN3O. The Labute approximate surface area is 126 Å². The van der Waals surface area contributed by atoms with Crippen molar-refractivity contribution in [2.24, 2.45) is 5.10 Å². The molecule has 0 saturated heterocycles. The summed E-state index contributed by atoms with van der Waals surface area (Å²) in [6.07, 6.45) is 1.61. The normalized spacial score (nSPS) is 11.3. The quantitative estimate of drug-likeness (QED) is 0.682. The van der Waals surface area contributed by atoms with Gasteiger partial charge in [-0.25, -0.2) is 4.98 Å². The largest absolute Gasteiger partial charge is 0.282 e. The number of rotatable bonds is 2. The molecule has 21 heavy (non-hydrogen) atoms. The van der Waals surface area contributed by atoms with Gasteiger partial charge in [-0.3, -0.25) is 4.79 Å². The lowest BCUT2D eigenvalue weighted by molar-refractivity contribution is 0.771. The van der Waals surface area contributed by atoms with Gasteiger partial charge in [0.1, 0.15) is 5.82 Å². The highest BCUT2D eigenvalue weighted by atomic mass is 35.5.